The molecule has 0 aliphatic rings. The van der Waals surface area contributed by atoms with Crippen molar-refractivity contribution < 1.29 is 19.1 Å². The van der Waals surface area contributed by atoms with E-state index in [-0.39, 0.29) is 5.97 Å². The number of carbonyl (C=O) groups excluding carboxylic acids is 2. The summed E-state index contributed by atoms with van der Waals surface area (Å²) in [5.41, 5.74) is 4.28. The number of esters is 1. The number of hydrogen-bond donors (Lipinski definition) is 0. The standard InChI is InChI=1S/C32H44N4O4/c1-8-19-35(20-9-2)26-16-17-28-27(21-26)33-29(34(28)7)23-36(31(38)40-32(4,5)6)22-25-13-11-24(12-14-25)15-18-30(37)39-10-3/h11-18,21H,8-10,19-20,22-23H2,1-7H3/b18-15+. The summed E-state index contributed by atoms with van der Waals surface area (Å²) < 4.78 is 12.7. The summed E-state index contributed by atoms with van der Waals surface area (Å²) in [6.45, 7) is 14.7. The van der Waals surface area contributed by atoms with E-state index in [4.69, 9.17) is 14.5 Å². The van der Waals surface area contributed by atoms with Crippen LogP contribution in [-0.4, -0.2) is 51.8 Å². The quantitative estimate of drug-likeness (QED) is 0.185. The Hall–Kier alpha value is -3.81. The fraction of sp³-hybridized carbons (Fsp3) is 0.469. The van der Waals surface area contributed by atoms with Crippen molar-refractivity contribution in [3.05, 3.63) is 65.5 Å². The Morgan fingerprint density at radius 1 is 0.975 bits per heavy atom. The lowest BCUT2D eigenvalue weighted by molar-refractivity contribution is -0.137. The van der Waals surface area contributed by atoms with Crippen molar-refractivity contribution in [3.63, 3.8) is 0 Å². The highest BCUT2D eigenvalue weighted by molar-refractivity contribution is 5.87. The van der Waals surface area contributed by atoms with E-state index < -0.39 is 11.7 Å². The van der Waals surface area contributed by atoms with Crippen LogP contribution in [0.3, 0.4) is 0 Å². The number of aryl methyl sites for hydroxylation is 1. The average Bonchev–Trinajstić information content (AvgIpc) is 3.21. The maximum atomic E-state index is 13.3. The van der Waals surface area contributed by atoms with Crippen molar-refractivity contribution in [2.75, 3.05) is 24.6 Å². The summed E-state index contributed by atoms with van der Waals surface area (Å²) in [5.74, 6) is 0.408. The third kappa shape index (κ3) is 8.60. The molecule has 1 amide bonds. The first kappa shape index (κ1) is 30.7. The minimum Gasteiger partial charge on any atom is -0.463 e. The maximum Gasteiger partial charge on any atom is 0.410 e. The summed E-state index contributed by atoms with van der Waals surface area (Å²) in [6.07, 6.45) is 4.89. The largest absolute Gasteiger partial charge is 0.463 e. The SMILES string of the molecule is CCCN(CCC)c1ccc2c(c1)nc(CN(Cc1ccc(/C=C/C(=O)OCC)cc1)C(=O)OC(C)(C)C)n2C. The van der Waals surface area contributed by atoms with Crippen LogP contribution in [0.4, 0.5) is 10.5 Å². The zero-order valence-corrected chi connectivity index (χ0v) is 25.1. The molecule has 0 bridgehead atoms. The normalized spacial score (nSPS) is 11.7. The van der Waals surface area contributed by atoms with Crippen LogP contribution in [-0.2, 0) is 34.4 Å². The van der Waals surface area contributed by atoms with Gasteiger partial charge in [-0.3, -0.25) is 4.90 Å². The number of rotatable bonds is 12. The van der Waals surface area contributed by atoms with Gasteiger partial charge in [0.1, 0.15) is 11.4 Å². The number of fused-ring (bicyclic) bond motifs is 1. The molecule has 1 aromatic heterocycles. The smallest absolute Gasteiger partial charge is 0.410 e. The highest BCUT2D eigenvalue weighted by Crippen LogP contribution is 2.25. The maximum absolute atomic E-state index is 13.3. The number of anilines is 1. The van der Waals surface area contributed by atoms with Crippen LogP contribution >= 0.6 is 0 Å². The molecule has 8 nitrogen and oxygen atoms in total. The van der Waals surface area contributed by atoms with Crippen LogP contribution in [0.25, 0.3) is 17.1 Å². The molecule has 0 saturated carbocycles. The van der Waals surface area contributed by atoms with Crippen molar-refractivity contribution in [3.8, 4) is 0 Å². The molecule has 0 aliphatic heterocycles. The van der Waals surface area contributed by atoms with Crippen LogP contribution in [0.15, 0.2) is 48.5 Å². The van der Waals surface area contributed by atoms with Crippen molar-refractivity contribution in [1.29, 1.82) is 0 Å². The molecule has 0 N–H and O–H groups in total. The zero-order chi connectivity index (χ0) is 29.3. The van der Waals surface area contributed by atoms with Gasteiger partial charge in [-0.15, -0.1) is 0 Å². The Morgan fingerprint density at radius 2 is 1.65 bits per heavy atom. The minimum absolute atomic E-state index is 0.299. The van der Waals surface area contributed by atoms with Gasteiger partial charge < -0.3 is 18.9 Å². The molecule has 0 spiro atoms. The molecule has 8 heteroatoms. The predicted octanol–water partition coefficient (Wildman–Crippen LogP) is 6.71. The van der Waals surface area contributed by atoms with Crippen molar-refractivity contribution in [2.24, 2.45) is 7.05 Å². The first-order valence-corrected chi connectivity index (χ1v) is 14.2. The lowest BCUT2D eigenvalue weighted by Gasteiger charge is -2.27. The van der Waals surface area contributed by atoms with E-state index in [1.54, 1.807) is 17.9 Å². The van der Waals surface area contributed by atoms with E-state index >= 15 is 0 Å². The van der Waals surface area contributed by atoms with Gasteiger partial charge in [0.05, 0.1) is 24.2 Å². The number of hydrogen-bond acceptors (Lipinski definition) is 6. The number of aromatic nitrogens is 2. The third-order valence-electron chi connectivity index (χ3n) is 6.34. The Labute approximate surface area is 238 Å². The summed E-state index contributed by atoms with van der Waals surface area (Å²) in [5, 5.41) is 0. The lowest BCUT2D eigenvalue weighted by atomic mass is 10.1. The van der Waals surface area contributed by atoms with Crippen LogP contribution in [0.5, 0.6) is 0 Å². The molecule has 0 fully saturated rings. The molecule has 0 unspecified atom stereocenters. The molecular weight excluding hydrogens is 504 g/mol. The predicted molar refractivity (Wildman–Crippen MR) is 161 cm³/mol. The van der Waals surface area contributed by atoms with Gasteiger partial charge in [0, 0.05) is 38.4 Å². The van der Waals surface area contributed by atoms with Gasteiger partial charge in [0.2, 0.25) is 0 Å². The lowest BCUT2D eigenvalue weighted by Crippen LogP contribution is -2.36. The van der Waals surface area contributed by atoms with Gasteiger partial charge in [0.15, 0.2) is 0 Å². The molecule has 2 aromatic carbocycles. The fourth-order valence-corrected chi connectivity index (χ4v) is 4.48. The Morgan fingerprint density at radius 3 is 2.25 bits per heavy atom. The number of amides is 1. The second kappa shape index (κ2) is 14.0. The molecule has 0 aliphatic carbocycles. The van der Waals surface area contributed by atoms with Gasteiger partial charge in [-0.2, -0.15) is 0 Å². The first-order valence-electron chi connectivity index (χ1n) is 14.2. The number of nitrogens with zero attached hydrogens (tertiary/aromatic N) is 4. The van der Waals surface area contributed by atoms with Gasteiger partial charge in [0.25, 0.3) is 0 Å². The first-order chi connectivity index (χ1) is 19.0. The van der Waals surface area contributed by atoms with E-state index in [2.05, 4.69) is 36.9 Å². The molecule has 0 saturated heterocycles. The third-order valence-corrected chi connectivity index (χ3v) is 6.34. The summed E-state index contributed by atoms with van der Waals surface area (Å²) in [4.78, 5) is 33.9. The number of imidazole rings is 1. The fourth-order valence-electron chi connectivity index (χ4n) is 4.48. The van der Waals surface area contributed by atoms with Crippen molar-refractivity contribution in [2.45, 2.75) is 73.1 Å². The topological polar surface area (TPSA) is 76.9 Å². The van der Waals surface area contributed by atoms with Gasteiger partial charge in [-0.1, -0.05) is 38.1 Å². The summed E-state index contributed by atoms with van der Waals surface area (Å²) in [7, 11) is 1.98. The highest BCUT2D eigenvalue weighted by Gasteiger charge is 2.24. The minimum atomic E-state index is -0.625. The Bertz CT molecular complexity index is 1300. The molecule has 0 radical (unpaired) electrons. The Balaban J connectivity index is 1.86. The number of carbonyl (C=O) groups is 2. The van der Waals surface area contributed by atoms with E-state index in [9.17, 15) is 9.59 Å². The van der Waals surface area contributed by atoms with E-state index in [0.29, 0.717) is 19.7 Å². The summed E-state index contributed by atoms with van der Waals surface area (Å²) >= 11 is 0. The molecule has 1 heterocycles. The molecule has 216 valence electrons. The summed E-state index contributed by atoms with van der Waals surface area (Å²) in [6, 6.07) is 14.1. The number of ether oxygens (including phenoxy) is 2. The zero-order valence-electron chi connectivity index (χ0n) is 25.1. The van der Waals surface area contributed by atoms with Gasteiger partial charge in [-0.05, 0) is 75.9 Å². The van der Waals surface area contributed by atoms with Crippen LogP contribution in [0, 0.1) is 0 Å². The van der Waals surface area contributed by atoms with E-state index in [0.717, 1.165) is 53.9 Å². The average molecular weight is 549 g/mol. The van der Waals surface area contributed by atoms with Crippen LogP contribution in [0.2, 0.25) is 0 Å². The van der Waals surface area contributed by atoms with Crippen LogP contribution < -0.4 is 4.90 Å². The van der Waals surface area contributed by atoms with E-state index in [1.165, 1.54) is 11.8 Å². The molecule has 3 aromatic rings. The molecule has 3 rings (SSSR count). The van der Waals surface area contributed by atoms with Gasteiger partial charge >= 0.3 is 12.1 Å². The second-order valence-electron chi connectivity index (χ2n) is 10.9. The van der Waals surface area contributed by atoms with Crippen molar-refractivity contribution in [1.82, 2.24) is 14.5 Å². The molecule has 40 heavy (non-hydrogen) atoms. The van der Waals surface area contributed by atoms with Crippen molar-refractivity contribution >= 4 is 34.9 Å². The number of benzene rings is 2. The van der Waals surface area contributed by atoms with Crippen LogP contribution in [0.1, 0.15) is 71.3 Å². The monoisotopic (exact) mass is 548 g/mol. The van der Waals surface area contributed by atoms with E-state index in [1.807, 2.05) is 56.7 Å². The molecular formula is C32H44N4O4. The highest BCUT2D eigenvalue weighted by atomic mass is 16.6. The van der Waals surface area contributed by atoms with Gasteiger partial charge in [-0.25, -0.2) is 14.6 Å². The second-order valence-corrected chi connectivity index (χ2v) is 10.9. The Kier molecular flexibility index (Phi) is 10.8. The molecule has 0 atom stereocenters.